The number of aromatic nitrogens is 4. The molecule has 0 unspecified atom stereocenters. The van der Waals surface area contributed by atoms with Crippen LogP contribution in [0.5, 0.6) is 0 Å². The Hall–Kier alpha value is -0.950. The molecule has 0 aliphatic heterocycles. The smallest absolute Gasteiger partial charge is 0.240 e. The van der Waals surface area contributed by atoms with Gasteiger partial charge < -0.3 is 5.73 Å². The van der Waals surface area contributed by atoms with Gasteiger partial charge in [-0.15, -0.1) is 16.4 Å². The van der Waals surface area contributed by atoms with Gasteiger partial charge in [-0.05, 0) is 22.9 Å². The summed E-state index contributed by atoms with van der Waals surface area (Å²) < 4.78 is 2.34. The number of rotatable bonds is 2. The van der Waals surface area contributed by atoms with Crippen LogP contribution >= 0.6 is 27.3 Å². The quantitative estimate of drug-likeness (QED) is 0.899. The van der Waals surface area contributed by atoms with Gasteiger partial charge in [-0.3, -0.25) is 0 Å². The summed E-state index contributed by atoms with van der Waals surface area (Å²) in [6.07, 6.45) is 1.84. The van der Waals surface area contributed by atoms with Crippen molar-refractivity contribution < 1.29 is 0 Å². The molecule has 0 aliphatic rings. The Balaban J connectivity index is 2.22. The molecule has 0 saturated heterocycles. The van der Waals surface area contributed by atoms with Crippen LogP contribution in [0.1, 0.15) is 9.88 Å². The molecule has 0 aromatic carbocycles. The average molecular weight is 274 g/mol. The number of nitrogens with two attached hydrogens (primary N) is 1. The van der Waals surface area contributed by atoms with Gasteiger partial charge in [-0.25, -0.2) is 9.67 Å². The number of hydrogen-bond donors (Lipinski definition) is 1. The molecule has 5 nitrogen and oxygen atoms in total. The van der Waals surface area contributed by atoms with Crippen LogP contribution in [0.15, 0.2) is 10.9 Å². The average Bonchev–Trinajstić information content (AvgIpc) is 2.61. The third kappa shape index (κ3) is 1.93. The number of nitrogen functional groups attached to an aromatic ring is 1. The van der Waals surface area contributed by atoms with Crippen LogP contribution in [0.3, 0.4) is 0 Å². The van der Waals surface area contributed by atoms with Gasteiger partial charge in [0, 0.05) is 11.1 Å². The maximum atomic E-state index is 5.45. The van der Waals surface area contributed by atoms with Gasteiger partial charge in [-0.2, -0.15) is 4.98 Å². The molecule has 0 bridgehead atoms. The molecule has 0 saturated carbocycles. The van der Waals surface area contributed by atoms with Crippen molar-refractivity contribution in [3.63, 3.8) is 0 Å². The zero-order valence-corrected chi connectivity index (χ0v) is 9.84. The van der Waals surface area contributed by atoms with Crippen molar-refractivity contribution in [2.45, 2.75) is 13.5 Å². The molecule has 14 heavy (non-hydrogen) atoms. The lowest BCUT2D eigenvalue weighted by Gasteiger charge is -1.96. The summed E-state index contributed by atoms with van der Waals surface area (Å²) >= 11 is 4.91. The SMILES string of the molecule is Cc1ncc(Cn2nc(N)nc2Br)s1. The number of anilines is 1. The van der Waals surface area contributed by atoms with Crippen LogP contribution in [0, 0.1) is 6.92 Å². The van der Waals surface area contributed by atoms with Crippen LogP contribution in [-0.4, -0.2) is 19.7 Å². The van der Waals surface area contributed by atoms with E-state index < -0.39 is 0 Å². The minimum absolute atomic E-state index is 0.276. The number of hydrogen-bond acceptors (Lipinski definition) is 5. The molecule has 0 fully saturated rings. The van der Waals surface area contributed by atoms with Gasteiger partial charge in [0.15, 0.2) is 4.73 Å². The van der Waals surface area contributed by atoms with E-state index in [0.717, 1.165) is 9.88 Å². The normalized spacial score (nSPS) is 10.7. The molecule has 74 valence electrons. The van der Waals surface area contributed by atoms with E-state index in [4.69, 9.17) is 5.73 Å². The highest BCUT2D eigenvalue weighted by molar-refractivity contribution is 9.10. The van der Waals surface area contributed by atoms with Gasteiger partial charge in [0.2, 0.25) is 5.95 Å². The molecule has 2 aromatic rings. The minimum Gasteiger partial charge on any atom is -0.366 e. The Labute approximate surface area is 93.1 Å². The maximum absolute atomic E-state index is 5.45. The molecule has 2 aromatic heterocycles. The summed E-state index contributed by atoms with van der Waals surface area (Å²) in [5.41, 5.74) is 5.45. The second-order valence-electron chi connectivity index (χ2n) is 2.74. The molecule has 0 aliphatic carbocycles. The Morgan fingerprint density at radius 2 is 2.43 bits per heavy atom. The third-order valence-corrected chi connectivity index (χ3v) is 3.10. The standard InChI is InChI=1S/C7H8BrN5S/c1-4-10-2-5(14-4)3-13-6(8)11-7(9)12-13/h2H,3H2,1H3,(H2,9,12). The lowest BCUT2D eigenvalue weighted by atomic mass is 10.5. The van der Waals surface area contributed by atoms with E-state index in [1.807, 2.05) is 13.1 Å². The fourth-order valence-corrected chi connectivity index (χ4v) is 2.23. The first-order valence-electron chi connectivity index (χ1n) is 3.92. The number of aryl methyl sites for hydroxylation is 1. The maximum Gasteiger partial charge on any atom is 0.240 e. The first kappa shape index (κ1) is 9.60. The summed E-state index contributed by atoms with van der Waals surface area (Å²) in [6, 6.07) is 0. The zero-order valence-electron chi connectivity index (χ0n) is 7.44. The minimum atomic E-state index is 0.276. The predicted octanol–water partition coefficient (Wildman–Crippen LogP) is 1.44. The molecule has 2 rings (SSSR count). The van der Waals surface area contributed by atoms with Crippen molar-refractivity contribution in [1.29, 1.82) is 0 Å². The molecule has 0 radical (unpaired) electrons. The Bertz CT molecular complexity index is 449. The highest BCUT2D eigenvalue weighted by atomic mass is 79.9. The highest BCUT2D eigenvalue weighted by Gasteiger charge is 2.06. The second-order valence-corrected chi connectivity index (χ2v) is 4.77. The van der Waals surface area contributed by atoms with Crippen molar-refractivity contribution in [2.24, 2.45) is 0 Å². The Morgan fingerprint density at radius 1 is 1.64 bits per heavy atom. The predicted molar refractivity (Wildman–Crippen MR) is 58.1 cm³/mol. The molecular formula is C7H8BrN5S. The Morgan fingerprint density at radius 3 is 2.93 bits per heavy atom. The van der Waals surface area contributed by atoms with Crippen LogP contribution in [0.2, 0.25) is 0 Å². The first-order chi connectivity index (χ1) is 6.65. The van der Waals surface area contributed by atoms with Crippen LogP contribution < -0.4 is 5.73 Å². The Kier molecular flexibility index (Phi) is 2.51. The van der Waals surface area contributed by atoms with Crippen molar-refractivity contribution in [1.82, 2.24) is 19.7 Å². The molecule has 7 heteroatoms. The van der Waals surface area contributed by atoms with Gasteiger partial charge in [0.05, 0.1) is 11.6 Å². The van der Waals surface area contributed by atoms with Crippen molar-refractivity contribution in [3.05, 3.63) is 20.8 Å². The summed E-state index contributed by atoms with van der Waals surface area (Å²) in [5.74, 6) is 0.276. The monoisotopic (exact) mass is 273 g/mol. The summed E-state index contributed by atoms with van der Waals surface area (Å²) in [7, 11) is 0. The van der Waals surface area contributed by atoms with Crippen LogP contribution in [-0.2, 0) is 6.54 Å². The van der Waals surface area contributed by atoms with E-state index in [1.54, 1.807) is 16.0 Å². The first-order valence-corrected chi connectivity index (χ1v) is 5.53. The van der Waals surface area contributed by atoms with Gasteiger partial charge in [-0.1, -0.05) is 0 Å². The molecule has 0 amide bonds. The molecule has 2 heterocycles. The number of halogens is 1. The van der Waals surface area contributed by atoms with E-state index in [9.17, 15) is 0 Å². The second kappa shape index (κ2) is 3.66. The van der Waals surface area contributed by atoms with Gasteiger partial charge in [0.1, 0.15) is 0 Å². The lowest BCUT2D eigenvalue weighted by molar-refractivity contribution is 0.676. The van der Waals surface area contributed by atoms with Gasteiger partial charge in [0.25, 0.3) is 0 Å². The van der Waals surface area contributed by atoms with E-state index in [1.165, 1.54) is 0 Å². The van der Waals surface area contributed by atoms with Gasteiger partial charge >= 0.3 is 0 Å². The summed E-state index contributed by atoms with van der Waals surface area (Å²) in [6.45, 7) is 2.62. The van der Waals surface area contributed by atoms with E-state index in [-0.39, 0.29) is 5.95 Å². The molecule has 2 N–H and O–H groups in total. The van der Waals surface area contributed by atoms with Crippen LogP contribution in [0.25, 0.3) is 0 Å². The van der Waals surface area contributed by atoms with Crippen molar-refractivity contribution in [2.75, 3.05) is 5.73 Å². The molecule has 0 spiro atoms. The summed E-state index contributed by atoms with van der Waals surface area (Å²) in [4.78, 5) is 9.24. The largest absolute Gasteiger partial charge is 0.366 e. The van der Waals surface area contributed by atoms with Crippen molar-refractivity contribution >= 4 is 33.2 Å². The van der Waals surface area contributed by atoms with Crippen LogP contribution in [0.4, 0.5) is 5.95 Å². The van der Waals surface area contributed by atoms with E-state index in [0.29, 0.717) is 11.3 Å². The van der Waals surface area contributed by atoms with E-state index in [2.05, 4.69) is 31.0 Å². The zero-order chi connectivity index (χ0) is 10.1. The summed E-state index contributed by atoms with van der Waals surface area (Å²) in [5, 5.41) is 5.08. The van der Waals surface area contributed by atoms with Crippen molar-refractivity contribution in [3.8, 4) is 0 Å². The molecule has 0 atom stereocenters. The van der Waals surface area contributed by atoms with E-state index >= 15 is 0 Å². The number of nitrogens with zero attached hydrogens (tertiary/aromatic N) is 4. The number of thiazole rings is 1. The fourth-order valence-electron chi connectivity index (χ4n) is 1.07. The topological polar surface area (TPSA) is 69.6 Å². The third-order valence-electron chi connectivity index (χ3n) is 1.62. The lowest BCUT2D eigenvalue weighted by Crippen LogP contribution is -2.01. The fraction of sp³-hybridized carbons (Fsp3) is 0.286. The molecular weight excluding hydrogens is 266 g/mol. The highest BCUT2D eigenvalue weighted by Crippen LogP contribution is 2.15.